The molecule has 0 spiro atoms. The van der Waals surface area contributed by atoms with Crippen LogP contribution in [0.5, 0.6) is 5.75 Å². The molecule has 2 rings (SSSR count). The molecule has 21 heavy (non-hydrogen) atoms. The lowest BCUT2D eigenvalue weighted by Crippen LogP contribution is -2.30. The van der Waals surface area contributed by atoms with Gasteiger partial charge in [0.05, 0.1) is 13.2 Å². The fourth-order valence-corrected chi connectivity index (χ4v) is 2.81. The second kappa shape index (κ2) is 6.48. The molecule has 4 heteroatoms. The van der Waals surface area contributed by atoms with E-state index in [0.717, 1.165) is 38.6 Å². The zero-order valence-electron chi connectivity index (χ0n) is 12.8. The van der Waals surface area contributed by atoms with Crippen LogP contribution in [0, 0.1) is 20.8 Å². The van der Waals surface area contributed by atoms with Crippen LogP contribution in [0.4, 0.5) is 0 Å². The number of ether oxygens (including phenoxy) is 1. The van der Waals surface area contributed by atoms with Crippen molar-refractivity contribution in [2.75, 3.05) is 7.11 Å². The Hall–Kier alpha value is -1.55. The molecule has 0 saturated heterocycles. The molecule has 0 bridgehead atoms. The van der Waals surface area contributed by atoms with Crippen molar-refractivity contribution in [3.8, 4) is 5.75 Å². The summed E-state index contributed by atoms with van der Waals surface area (Å²) in [4.78, 5) is 0. The zero-order chi connectivity index (χ0) is 15.6. The molecule has 3 nitrogen and oxygen atoms in total. The largest absolute Gasteiger partial charge is 0.496 e. The highest BCUT2D eigenvalue weighted by atomic mass is 35.5. The van der Waals surface area contributed by atoms with E-state index in [9.17, 15) is 0 Å². The minimum Gasteiger partial charge on any atom is -0.496 e. The average Bonchev–Trinajstić information content (AvgIpc) is 2.47. The van der Waals surface area contributed by atoms with Crippen LogP contribution >= 0.6 is 11.6 Å². The lowest BCUT2D eigenvalue weighted by atomic mass is 9.91. The van der Waals surface area contributed by atoms with Crippen molar-refractivity contribution >= 4 is 11.6 Å². The number of nitrogens with one attached hydrogen (secondary N) is 1. The molecule has 2 aromatic carbocycles. The van der Waals surface area contributed by atoms with E-state index in [0.29, 0.717) is 0 Å². The number of benzene rings is 2. The smallest absolute Gasteiger partial charge is 0.122 e. The number of hydrogen-bond acceptors (Lipinski definition) is 3. The first-order valence-electron chi connectivity index (χ1n) is 6.85. The third-order valence-electron chi connectivity index (χ3n) is 3.88. The molecule has 0 heterocycles. The molecule has 0 saturated carbocycles. The maximum Gasteiger partial charge on any atom is 0.122 e. The summed E-state index contributed by atoms with van der Waals surface area (Å²) in [5.41, 5.74) is 8.36. The molecule has 0 aliphatic heterocycles. The third-order valence-corrected chi connectivity index (χ3v) is 4.29. The highest BCUT2D eigenvalue weighted by molar-refractivity contribution is 6.31. The first kappa shape index (κ1) is 15.8. The van der Waals surface area contributed by atoms with E-state index in [1.165, 1.54) is 0 Å². The maximum absolute atomic E-state index is 6.23. The number of methoxy groups -OCH3 is 1. The Morgan fingerprint density at radius 2 is 1.81 bits per heavy atom. The second-order valence-electron chi connectivity index (χ2n) is 5.23. The fourth-order valence-electron chi connectivity index (χ4n) is 2.63. The van der Waals surface area contributed by atoms with Gasteiger partial charge in [-0.1, -0.05) is 29.8 Å². The predicted octanol–water partition coefficient (Wildman–Crippen LogP) is 3.83. The monoisotopic (exact) mass is 304 g/mol. The number of rotatable bonds is 4. The van der Waals surface area contributed by atoms with E-state index in [1.807, 2.05) is 38.1 Å². The van der Waals surface area contributed by atoms with Crippen LogP contribution in [0.15, 0.2) is 30.3 Å². The second-order valence-corrected chi connectivity index (χ2v) is 5.64. The van der Waals surface area contributed by atoms with Gasteiger partial charge in [-0.25, -0.2) is 5.43 Å². The topological polar surface area (TPSA) is 47.3 Å². The van der Waals surface area contributed by atoms with E-state index in [1.54, 1.807) is 7.11 Å². The van der Waals surface area contributed by atoms with Crippen LogP contribution in [-0.2, 0) is 0 Å². The Balaban J connectivity index is 2.57. The molecule has 0 aromatic heterocycles. The van der Waals surface area contributed by atoms with Gasteiger partial charge < -0.3 is 4.74 Å². The van der Waals surface area contributed by atoms with Gasteiger partial charge in [0.1, 0.15) is 5.75 Å². The molecule has 112 valence electrons. The van der Waals surface area contributed by atoms with Crippen LogP contribution in [0.25, 0.3) is 0 Å². The Morgan fingerprint density at radius 3 is 2.43 bits per heavy atom. The van der Waals surface area contributed by atoms with Crippen molar-refractivity contribution in [2.24, 2.45) is 5.84 Å². The van der Waals surface area contributed by atoms with Crippen LogP contribution in [0.1, 0.15) is 33.9 Å². The van der Waals surface area contributed by atoms with Crippen molar-refractivity contribution in [1.29, 1.82) is 0 Å². The number of halogens is 1. The molecule has 0 aliphatic rings. The van der Waals surface area contributed by atoms with Crippen LogP contribution < -0.4 is 16.0 Å². The fraction of sp³-hybridized carbons (Fsp3) is 0.294. The van der Waals surface area contributed by atoms with Gasteiger partial charge in [0.2, 0.25) is 0 Å². The first-order valence-corrected chi connectivity index (χ1v) is 7.23. The molecule has 2 aromatic rings. The molecule has 0 aliphatic carbocycles. The van der Waals surface area contributed by atoms with Gasteiger partial charge in [-0.3, -0.25) is 5.84 Å². The highest BCUT2D eigenvalue weighted by Crippen LogP contribution is 2.32. The molecule has 1 unspecified atom stereocenters. The molecule has 1 atom stereocenters. The van der Waals surface area contributed by atoms with E-state index in [4.69, 9.17) is 22.2 Å². The number of aryl methyl sites for hydroxylation is 2. The lowest BCUT2D eigenvalue weighted by molar-refractivity contribution is 0.411. The van der Waals surface area contributed by atoms with Crippen LogP contribution in [0.2, 0.25) is 5.02 Å². The van der Waals surface area contributed by atoms with Gasteiger partial charge in [-0.05, 0) is 60.7 Å². The zero-order valence-corrected chi connectivity index (χ0v) is 13.6. The minimum absolute atomic E-state index is 0.103. The van der Waals surface area contributed by atoms with Gasteiger partial charge in [-0.15, -0.1) is 0 Å². The Morgan fingerprint density at radius 1 is 1.10 bits per heavy atom. The van der Waals surface area contributed by atoms with E-state index >= 15 is 0 Å². The molecule has 0 fully saturated rings. The molecule has 0 radical (unpaired) electrons. The predicted molar refractivity (Wildman–Crippen MR) is 87.8 cm³/mol. The standard InChI is InChI=1S/C17H21ClN2O/c1-10-9-16(21-4)11(2)8-14(10)17(20-19)13-6-5-7-15(18)12(13)3/h5-9,17,20H,19H2,1-4H3. The van der Waals surface area contributed by atoms with Gasteiger partial charge >= 0.3 is 0 Å². The summed E-state index contributed by atoms with van der Waals surface area (Å²) in [5.74, 6) is 6.71. The van der Waals surface area contributed by atoms with Crippen molar-refractivity contribution in [3.63, 3.8) is 0 Å². The quantitative estimate of drug-likeness (QED) is 0.666. The Kier molecular flexibility index (Phi) is 4.88. The van der Waals surface area contributed by atoms with Gasteiger partial charge in [0.15, 0.2) is 0 Å². The van der Waals surface area contributed by atoms with Gasteiger partial charge in [0, 0.05) is 5.02 Å². The lowest BCUT2D eigenvalue weighted by Gasteiger charge is -2.22. The van der Waals surface area contributed by atoms with Gasteiger partial charge in [0.25, 0.3) is 0 Å². The summed E-state index contributed by atoms with van der Waals surface area (Å²) >= 11 is 6.23. The van der Waals surface area contributed by atoms with E-state index < -0.39 is 0 Å². The summed E-state index contributed by atoms with van der Waals surface area (Å²) < 4.78 is 5.37. The van der Waals surface area contributed by atoms with E-state index in [2.05, 4.69) is 18.4 Å². The summed E-state index contributed by atoms with van der Waals surface area (Å²) in [6, 6.07) is 9.92. The Bertz CT molecular complexity index is 655. The number of hydrogen-bond donors (Lipinski definition) is 2. The third kappa shape index (κ3) is 3.05. The SMILES string of the molecule is COc1cc(C)c(C(NN)c2cccc(Cl)c2C)cc1C. The summed E-state index contributed by atoms with van der Waals surface area (Å²) in [6.07, 6.45) is 0. The van der Waals surface area contributed by atoms with E-state index in [-0.39, 0.29) is 6.04 Å². The van der Waals surface area contributed by atoms with Crippen LogP contribution in [-0.4, -0.2) is 7.11 Å². The first-order chi connectivity index (χ1) is 9.99. The number of nitrogens with two attached hydrogens (primary N) is 1. The van der Waals surface area contributed by atoms with Crippen molar-refractivity contribution in [1.82, 2.24) is 5.43 Å². The van der Waals surface area contributed by atoms with Crippen LogP contribution in [0.3, 0.4) is 0 Å². The van der Waals surface area contributed by atoms with Crippen molar-refractivity contribution in [3.05, 3.63) is 63.2 Å². The molecule has 0 amide bonds. The molecular formula is C17H21ClN2O. The number of hydrazine groups is 1. The highest BCUT2D eigenvalue weighted by Gasteiger charge is 2.19. The normalized spacial score (nSPS) is 12.3. The van der Waals surface area contributed by atoms with Gasteiger partial charge in [-0.2, -0.15) is 0 Å². The maximum atomic E-state index is 6.23. The average molecular weight is 305 g/mol. The molecule has 3 N–H and O–H groups in total. The molecular weight excluding hydrogens is 284 g/mol. The Labute approximate surface area is 131 Å². The van der Waals surface area contributed by atoms with Crippen molar-refractivity contribution in [2.45, 2.75) is 26.8 Å². The van der Waals surface area contributed by atoms with Crippen molar-refractivity contribution < 1.29 is 4.74 Å². The summed E-state index contributed by atoms with van der Waals surface area (Å²) in [5, 5.41) is 0.746. The summed E-state index contributed by atoms with van der Waals surface area (Å²) in [7, 11) is 1.68. The minimum atomic E-state index is -0.103. The summed E-state index contributed by atoms with van der Waals surface area (Å²) in [6.45, 7) is 6.09.